The van der Waals surface area contributed by atoms with Crippen molar-refractivity contribution in [3.8, 4) is 0 Å². The van der Waals surface area contributed by atoms with E-state index in [0.717, 1.165) is 0 Å². The summed E-state index contributed by atoms with van der Waals surface area (Å²) in [5.41, 5.74) is -0.507. The lowest BCUT2D eigenvalue weighted by molar-refractivity contribution is -0.215. The molecule has 1 atom stereocenters. The van der Waals surface area contributed by atoms with E-state index in [9.17, 15) is 41.1 Å². The van der Waals surface area contributed by atoms with Crippen LogP contribution >= 0.6 is 0 Å². The van der Waals surface area contributed by atoms with Gasteiger partial charge in [-0.15, -0.1) is 0 Å². The summed E-state index contributed by atoms with van der Waals surface area (Å²) in [5, 5.41) is 9.69. The number of carboxylic acid groups (broad SMARTS) is 1. The Kier molecular flexibility index (Phi) is 11.0. The minimum atomic E-state index is -5.31. The summed E-state index contributed by atoms with van der Waals surface area (Å²) in [6, 6.07) is 0. The monoisotopic (exact) mass is 510 g/mol. The van der Waals surface area contributed by atoms with E-state index in [1.54, 1.807) is 0 Å². The van der Waals surface area contributed by atoms with Gasteiger partial charge in [-0.1, -0.05) is 36.4 Å². The SMILES string of the molecule is [B]Cc1c(C[B])c(C[B])c(C(=O)OCCC(=O)OC(CS(=O)(=O)O)C(F)(F)F)c(C(=O)O)c1C[B]. The van der Waals surface area contributed by atoms with Crippen LogP contribution in [-0.2, 0) is 49.7 Å². The van der Waals surface area contributed by atoms with Crippen molar-refractivity contribution in [1.82, 2.24) is 0 Å². The predicted molar refractivity (Wildman–Crippen MR) is 118 cm³/mol. The first-order valence-corrected chi connectivity index (χ1v) is 11.3. The van der Waals surface area contributed by atoms with Gasteiger partial charge in [-0.05, 0) is 11.1 Å². The molecular weight excluding hydrogens is 492 g/mol. The summed E-state index contributed by atoms with van der Waals surface area (Å²) in [5.74, 6) is -6.39. The zero-order valence-electron chi connectivity index (χ0n) is 18.1. The molecule has 1 aromatic carbocycles. The lowest BCUT2D eigenvalue weighted by atomic mass is 9.72. The number of aromatic carboxylic acids is 1. The first-order valence-electron chi connectivity index (χ1n) is 9.74. The minimum absolute atomic E-state index is 0.000384. The zero-order valence-corrected chi connectivity index (χ0v) is 18.9. The standard InChI is InChI=1S/C18H17B4F3O9S/c19-3-8-9(4-20)11(6-22)15(14(16(27)28)10(8)5-21)17(29)33-2-1-13(26)34-12(18(23,24)25)7-35(30,31)32/h12H,1-7H2,(H,27,28)(H,30,31,32). The van der Waals surface area contributed by atoms with E-state index in [2.05, 4.69) is 4.74 Å². The van der Waals surface area contributed by atoms with E-state index < -0.39 is 70.2 Å². The van der Waals surface area contributed by atoms with Crippen molar-refractivity contribution in [1.29, 1.82) is 0 Å². The molecule has 0 amide bonds. The summed E-state index contributed by atoms with van der Waals surface area (Å²) in [6.07, 6.45) is -10.5. The topological polar surface area (TPSA) is 144 Å². The molecule has 0 aromatic heterocycles. The Bertz CT molecular complexity index is 1080. The molecular formula is C18H17B4F3O9S. The van der Waals surface area contributed by atoms with Crippen LogP contribution < -0.4 is 0 Å². The highest BCUT2D eigenvalue weighted by atomic mass is 32.2. The molecule has 17 heteroatoms. The maximum atomic E-state index is 12.9. The van der Waals surface area contributed by atoms with Crippen molar-refractivity contribution in [3.63, 3.8) is 0 Å². The molecule has 8 radical (unpaired) electrons. The van der Waals surface area contributed by atoms with E-state index in [1.807, 2.05) is 0 Å². The van der Waals surface area contributed by atoms with E-state index in [-0.39, 0.29) is 47.5 Å². The Morgan fingerprint density at radius 3 is 1.71 bits per heavy atom. The molecule has 0 bridgehead atoms. The Hall–Kier alpha value is -2.41. The smallest absolute Gasteiger partial charge is 0.426 e. The Balaban J connectivity index is 3.19. The number of benzene rings is 1. The number of rotatable bonds is 12. The number of carboxylic acids is 1. The minimum Gasteiger partial charge on any atom is -0.478 e. The van der Waals surface area contributed by atoms with Gasteiger partial charge in [0.15, 0.2) is 0 Å². The molecule has 0 saturated heterocycles. The van der Waals surface area contributed by atoms with Gasteiger partial charge in [-0.25, -0.2) is 9.59 Å². The average Bonchev–Trinajstić information content (AvgIpc) is 2.74. The van der Waals surface area contributed by atoms with Crippen LogP contribution in [0.5, 0.6) is 0 Å². The molecule has 0 fully saturated rings. The van der Waals surface area contributed by atoms with Crippen molar-refractivity contribution in [2.75, 3.05) is 12.4 Å². The van der Waals surface area contributed by atoms with Crippen molar-refractivity contribution in [2.45, 2.75) is 44.0 Å². The van der Waals surface area contributed by atoms with Gasteiger partial charge in [0, 0.05) is 0 Å². The van der Waals surface area contributed by atoms with Gasteiger partial charge < -0.3 is 14.6 Å². The number of carbonyl (C=O) groups excluding carboxylic acids is 2. The van der Waals surface area contributed by atoms with Crippen LogP contribution in [0.3, 0.4) is 0 Å². The molecule has 0 spiro atoms. The number of hydrogen-bond donors (Lipinski definition) is 2. The van der Waals surface area contributed by atoms with E-state index in [4.69, 9.17) is 40.7 Å². The second kappa shape index (κ2) is 12.5. The quantitative estimate of drug-likeness (QED) is 0.225. The first kappa shape index (κ1) is 30.6. The number of carbonyl (C=O) groups is 3. The van der Waals surface area contributed by atoms with Gasteiger partial charge in [-0.3, -0.25) is 9.35 Å². The molecule has 1 unspecified atom stereocenters. The largest absolute Gasteiger partial charge is 0.478 e. The molecule has 35 heavy (non-hydrogen) atoms. The number of halogens is 3. The Labute approximate surface area is 204 Å². The Morgan fingerprint density at radius 2 is 1.34 bits per heavy atom. The molecule has 182 valence electrons. The fraction of sp³-hybridized carbons (Fsp3) is 0.500. The normalized spacial score (nSPS) is 12.7. The molecule has 0 aliphatic heterocycles. The van der Waals surface area contributed by atoms with Crippen LogP contribution in [0.2, 0.25) is 0 Å². The van der Waals surface area contributed by atoms with Gasteiger partial charge in [0.25, 0.3) is 10.1 Å². The van der Waals surface area contributed by atoms with Gasteiger partial charge in [0.2, 0.25) is 6.10 Å². The maximum Gasteiger partial charge on any atom is 0.426 e. The zero-order chi connectivity index (χ0) is 27.1. The van der Waals surface area contributed by atoms with Crippen molar-refractivity contribution in [2.24, 2.45) is 0 Å². The lowest BCUT2D eigenvalue weighted by Crippen LogP contribution is -2.39. The van der Waals surface area contributed by atoms with Crippen LogP contribution in [0.1, 0.15) is 49.4 Å². The summed E-state index contributed by atoms with van der Waals surface area (Å²) in [4.78, 5) is 36.4. The third kappa shape index (κ3) is 8.06. The van der Waals surface area contributed by atoms with Crippen LogP contribution in [0.25, 0.3) is 0 Å². The van der Waals surface area contributed by atoms with Crippen molar-refractivity contribution >= 4 is 59.4 Å². The summed E-state index contributed by atoms with van der Waals surface area (Å²) in [7, 11) is 17.6. The molecule has 0 saturated carbocycles. The number of ether oxygens (including phenoxy) is 2. The van der Waals surface area contributed by atoms with E-state index in [1.165, 1.54) is 0 Å². The van der Waals surface area contributed by atoms with E-state index >= 15 is 0 Å². The third-order valence-corrected chi connectivity index (χ3v) is 5.44. The molecule has 0 aliphatic rings. The van der Waals surface area contributed by atoms with Crippen molar-refractivity contribution < 1.29 is 55.1 Å². The lowest BCUT2D eigenvalue weighted by Gasteiger charge is -2.23. The maximum absolute atomic E-state index is 12.9. The van der Waals surface area contributed by atoms with E-state index in [0.29, 0.717) is 0 Å². The highest BCUT2D eigenvalue weighted by Crippen LogP contribution is 2.30. The second-order valence-corrected chi connectivity index (χ2v) is 8.44. The predicted octanol–water partition coefficient (Wildman–Crippen LogP) is -0.0324. The average molecular weight is 510 g/mol. The van der Waals surface area contributed by atoms with Gasteiger partial charge in [0.1, 0.15) is 12.4 Å². The Morgan fingerprint density at radius 1 is 0.886 bits per heavy atom. The van der Waals surface area contributed by atoms with Crippen LogP contribution in [0.4, 0.5) is 13.2 Å². The molecule has 2 N–H and O–H groups in total. The number of alkyl halides is 3. The number of esters is 2. The van der Waals surface area contributed by atoms with Crippen molar-refractivity contribution in [3.05, 3.63) is 33.4 Å². The van der Waals surface area contributed by atoms with Crippen LogP contribution in [0.15, 0.2) is 0 Å². The summed E-state index contributed by atoms with van der Waals surface area (Å²) in [6.45, 7) is -0.869. The molecule has 0 heterocycles. The fourth-order valence-electron chi connectivity index (χ4n) is 3.28. The van der Waals surface area contributed by atoms with Crippen LogP contribution in [0, 0.1) is 0 Å². The summed E-state index contributed by atoms with van der Waals surface area (Å²) >= 11 is 0. The van der Waals surface area contributed by atoms with Gasteiger partial charge in [0.05, 0.1) is 48.9 Å². The third-order valence-electron chi connectivity index (χ3n) is 4.72. The van der Waals surface area contributed by atoms with Gasteiger partial charge in [-0.2, -0.15) is 21.6 Å². The molecule has 1 rings (SSSR count). The molecule has 1 aromatic rings. The molecule has 0 aliphatic carbocycles. The number of hydrogen-bond acceptors (Lipinski definition) is 7. The highest BCUT2D eigenvalue weighted by molar-refractivity contribution is 7.85. The second-order valence-electron chi connectivity index (χ2n) is 6.94. The summed E-state index contributed by atoms with van der Waals surface area (Å²) < 4.78 is 77.5. The van der Waals surface area contributed by atoms with Crippen LogP contribution in [-0.4, -0.2) is 92.0 Å². The highest BCUT2D eigenvalue weighted by Gasteiger charge is 2.45. The fourth-order valence-corrected chi connectivity index (χ4v) is 3.92. The first-order chi connectivity index (χ1) is 16.1. The van der Waals surface area contributed by atoms with Gasteiger partial charge >= 0.3 is 24.1 Å². The molecule has 9 nitrogen and oxygen atoms in total.